The highest BCUT2D eigenvalue weighted by atomic mass is 32.2. The molecule has 2 atom stereocenters. The summed E-state index contributed by atoms with van der Waals surface area (Å²) < 4.78 is 28.5. The van der Waals surface area contributed by atoms with E-state index in [1.165, 1.54) is 18.5 Å². The van der Waals surface area contributed by atoms with Gasteiger partial charge in [-0.1, -0.05) is 0 Å². The van der Waals surface area contributed by atoms with Crippen LogP contribution in [0.25, 0.3) is 0 Å². The minimum atomic E-state index is -3.09. The summed E-state index contributed by atoms with van der Waals surface area (Å²) >= 11 is 0. The van der Waals surface area contributed by atoms with Gasteiger partial charge in [-0.05, 0) is 31.4 Å². The van der Waals surface area contributed by atoms with E-state index in [0.717, 1.165) is 6.42 Å². The maximum absolute atomic E-state index is 11.9. The van der Waals surface area contributed by atoms with Gasteiger partial charge in [-0.25, -0.2) is 18.2 Å². The molecule has 0 spiro atoms. The number of hydrogen-bond donors (Lipinski definition) is 1. The fraction of sp³-hybridized carbons (Fsp3) is 0.538. The van der Waals surface area contributed by atoms with Crippen LogP contribution in [-0.4, -0.2) is 37.0 Å². The van der Waals surface area contributed by atoms with Gasteiger partial charge in [0.15, 0.2) is 0 Å². The third-order valence-corrected chi connectivity index (χ3v) is 5.09. The van der Waals surface area contributed by atoms with Gasteiger partial charge in [-0.3, -0.25) is 0 Å². The lowest BCUT2D eigenvalue weighted by molar-refractivity contribution is 0.0208. The van der Waals surface area contributed by atoms with Crippen LogP contribution >= 0.6 is 0 Å². The van der Waals surface area contributed by atoms with Crippen molar-refractivity contribution in [1.29, 1.82) is 0 Å². The summed E-state index contributed by atoms with van der Waals surface area (Å²) in [7, 11) is -3.09. The Labute approximate surface area is 118 Å². The summed E-state index contributed by atoms with van der Waals surface area (Å²) in [5, 5.41) is -0.423. The predicted octanol–water partition coefficient (Wildman–Crippen LogP) is 1.18. The fourth-order valence-electron chi connectivity index (χ4n) is 2.34. The highest BCUT2D eigenvalue weighted by Crippen LogP contribution is 2.26. The van der Waals surface area contributed by atoms with Crippen LogP contribution in [0, 0.1) is 0 Å². The van der Waals surface area contributed by atoms with Gasteiger partial charge < -0.3 is 10.5 Å². The van der Waals surface area contributed by atoms with Gasteiger partial charge in [0, 0.05) is 12.7 Å². The van der Waals surface area contributed by atoms with E-state index in [9.17, 15) is 13.2 Å². The topological polar surface area (TPSA) is 99.4 Å². The number of carbonyl (C=O) groups excluding carboxylic acids is 1. The van der Waals surface area contributed by atoms with E-state index in [0.29, 0.717) is 24.9 Å². The van der Waals surface area contributed by atoms with Crippen LogP contribution < -0.4 is 5.73 Å². The largest absolute Gasteiger partial charge is 0.458 e. The van der Waals surface area contributed by atoms with Gasteiger partial charge in [0.05, 0.1) is 17.1 Å². The Kier molecular flexibility index (Phi) is 4.27. The molecule has 110 valence electrons. The van der Waals surface area contributed by atoms with Crippen LogP contribution in [0.2, 0.25) is 0 Å². The number of sulfone groups is 1. The van der Waals surface area contributed by atoms with Gasteiger partial charge in [-0.15, -0.1) is 0 Å². The molecule has 1 heterocycles. The lowest BCUT2D eigenvalue weighted by atomic mass is 9.97. The molecule has 20 heavy (non-hydrogen) atoms. The van der Waals surface area contributed by atoms with E-state index < -0.39 is 21.1 Å². The van der Waals surface area contributed by atoms with Gasteiger partial charge >= 0.3 is 5.97 Å². The fourth-order valence-corrected chi connectivity index (χ4v) is 3.49. The molecule has 1 aliphatic rings. The number of nitrogens with zero attached hydrogens (tertiary/aromatic N) is 1. The molecule has 2 N–H and O–H groups in total. The average molecular weight is 298 g/mol. The second-order valence-electron chi connectivity index (χ2n) is 5.12. The molecule has 0 bridgehead atoms. The Bertz CT molecular complexity index is 583. The van der Waals surface area contributed by atoms with Crippen LogP contribution in [0.4, 0.5) is 5.69 Å². The molecule has 7 heteroatoms. The number of nitrogens with two attached hydrogens (primary N) is 1. The van der Waals surface area contributed by atoms with E-state index in [1.807, 2.05) is 0 Å². The Morgan fingerprint density at radius 3 is 2.75 bits per heavy atom. The molecule has 1 fully saturated rings. The SMILES string of the molecule is CS(=O)(=O)C1CCCC(OC(=O)c2ccc(N)cn2)C1. The van der Waals surface area contributed by atoms with Crippen molar-refractivity contribution < 1.29 is 17.9 Å². The standard InChI is InChI=1S/C13H18N2O4S/c1-20(17,18)11-4-2-3-10(7-11)19-13(16)12-6-5-9(14)8-15-12/h5-6,8,10-11H,2-4,7,14H2,1H3. The molecule has 0 aliphatic heterocycles. The molecule has 0 amide bonds. The number of aromatic nitrogens is 1. The van der Waals surface area contributed by atoms with Gasteiger partial charge in [0.25, 0.3) is 0 Å². The number of esters is 1. The Morgan fingerprint density at radius 1 is 1.40 bits per heavy atom. The number of rotatable bonds is 3. The molecule has 0 aromatic carbocycles. The normalized spacial score (nSPS) is 23.2. The van der Waals surface area contributed by atoms with E-state index >= 15 is 0 Å². The van der Waals surface area contributed by atoms with Crippen LogP contribution in [0.5, 0.6) is 0 Å². The van der Waals surface area contributed by atoms with Crippen molar-refractivity contribution in [2.75, 3.05) is 12.0 Å². The van der Waals surface area contributed by atoms with Crippen molar-refractivity contribution in [3.63, 3.8) is 0 Å². The number of nitrogen functional groups attached to an aromatic ring is 1. The van der Waals surface area contributed by atoms with E-state index in [2.05, 4.69) is 4.98 Å². The van der Waals surface area contributed by atoms with Crippen molar-refractivity contribution in [3.05, 3.63) is 24.0 Å². The monoisotopic (exact) mass is 298 g/mol. The lowest BCUT2D eigenvalue weighted by Crippen LogP contribution is -2.33. The highest BCUT2D eigenvalue weighted by Gasteiger charge is 2.31. The third kappa shape index (κ3) is 3.69. The molecule has 6 nitrogen and oxygen atoms in total. The number of pyridine rings is 1. The molecule has 1 aromatic rings. The third-order valence-electron chi connectivity index (χ3n) is 3.45. The molecule has 1 aliphatic carbocycles. The summed E-state index contributed by atoms with van der Waals surface area (Å²) in [6.07, 6.45) is 4.67. The Hall–Kier alpha value is -1.63. The van der Waals surface area contributed by atoms with Crippen molar-refractivity contribution in [1.82, 2.24) is 4.98 Å². The maximum atomic E-state index is 11.9. The number of hydrogen-bond acceptors (Lipinski definition) is 6. The zero-order valence-corrected chi connectivity index (χ0v) is 12.1. The van der Waals surface area contributed by atoms with Crippen molar-refractivity contribution in [2.45, 2.75) is 37.0 Å². The van der Waals surface area contributed by atoms with Gasteiger partial charge in [-0.2, -0.15) is 0 Å². The minimum absolute atomic E-state index is 0.181. The first-order valence-corrected chi connectivity index (χ1v) is 8.43. The quantitative estimate of drug-likeness (QED) is 0.841. The van der Waals surface area contributed by atoms with Gasteiger partial charge in [0.2, 0.25) is 0 Å². The van der Waals surface area contributed by atoms with E-state index in [1.54, 1.807) is 6.07 Å². The molecule has 0 saturated heterocycles. The molecule has 0 radical (unpaired) electrons. The smallest absolute Gasteiger partial charge is 0.357 e. The molecule has 2 unspecified atom stereocenters. The number of anilines is 1. The summed E-state index contributed by atoms with van der Waals surface area (Å²) in [5.74, 6) is -0.538. The summed E-state index contributed by atoms with van der Waals surface area (Å²) in [4.78, 5) is 15.8. The summed E-state index contributed by atoms with van der Waals surface area (Å²) in [6, 6.07) is 3.07. The highest BCUT2D eigenvalue weighted by molar-refractivity contribution is 7.91. The molecule has 1 aromatic heterocycles. The number of ether oxygens (including phenoxy) is 1. The Balaban J connectivity index is 1.99. The Morgan fingerprint density at radius 2 is 2.15 bits per heavy atom. The number of carbonyl (C=O) groups is 1. The molecular weight excluding hydrogens is 280 g/mol. The van der Waals surface area contributed by atoms with Crippen molar-refractivity contribution >= 4 is 21.5 Å². The second-order valence-corrected chi connectivity index (χ2v) is 7.45. The van der Waals surface area contributed by atoms with Crippen LogP contribution in [-0.2, 0) is 14.6 Å². The molecular formula is C13H18N2O4S. The van der Waals surface area contributed by atoms with Crippen molar-refractivity contribution in [2.24, 2.45) is 0 Å². The van der Waals surface area contributed by atoms with Crippen LogP contribution in [0.3, 0.4) is 0 Å². The zero-order chi connectivity index (χ0) is 14.8. The summed E-state index contributed by atoms with van der Waals surface area (Å²) in [6.45, 7) is 0. The average Bonchev–Trinajstić information content (AvgIpc) is 2.38. The molecule has 1 saturated carbocycles. The maximum Gasteiger partial charge on any atom is 0.357 e. The van der Waals surface area contributed by atoms with Crippen LogP contribution in [0.1, 0.15) is 36.2 Å². The van der Waals surface area contributed by atoms with E-state index in [-0.39, 0.29) is 11.8 Å². The first kappa shape index (κ1) is 14.8. The van der Waals surface area contributed by atoms with E-state index in [4.69, 9.17) is 10.5 Å². The predicted molar refractivity (Wildman–Crippen MR) is 75.0 cm³/mol. The van der Waals surface area contributed by atoms with Gasteiger partial charge in [0.1, 0.15) is 21.6 Å². The molecule has 2 rings (SSSR count). The second kappa shape index (κ2) is 5.78. The summed E-state index contributed by atoms with van der Waals surface area (Å²) in [5.41, 5.74) is 6.15. The lowest BCUT2D eigenvalue weighted by Gasteiger charge is -2.27. The van der Waals surface area contributed by atoms with Crippen LogP contribution in [0.15, 0.2) is 18.3 Å². The first-order valence-electron chi connectivity index (χ1n) is 6.47. The zero-order valence-electron chi connectivity index (χ0n) is 11.3. The van der Waals surface area contributed by atoms with Crippen molar-refractivity contribution in [3.8, 4) is 0 Å². The minimum Gasteiger partial charge on any atom is -0.458 e. The first-order chi connectivity index (χ1) is 9.36.